The number of carbonyl (C=O) groups is 1. The summed E-state index contributed by atoms with van der Waals surface area (Å²) in [6.45, 7) is 3.19. The summed E-state index contributed by atoms with van der Waals surface area (Å²) < 4.78 is 31.0. The van der Waals surface area contributed by atoms with E-state index < -0.39 is 21.1 Å². The zero-order chi connectivity index (χ0) is 12.9. The maximum atomic E-state index is 11.0. The Hall–Kier alpha value is -1.92. The van der Waals surface area contributed by atoms with E-state index >= 15 is 0 Å². The Morgan fingerprint density at radius 3 is 2.35 bits per heavy atom. The van der Waals surface area contributed by atoms with E-state index in [1.165, 1.54) is 0 Å². The molecule has 0 aromatic heterocycles. The number of carbonyl (C=O) groups excluding carboxylic acids is 1. The molecule has 90 valence electrons. The Morgan fingerprint density at radius 1 is 1.29 bits per heavy atom. The van der Waals surface area contributed by atoms with E-state index in [4.69, 9.17) is 4.55 Å². The zero-order valence-electron chi connectivity index (χ0n) is 8.83. The standard InChI is InChI=1S/C11H11NO4S/c1-2-10(13)12-11(17(14,15)16)8-9-6-4-3-5-7-9/h2-8H,1H2,(H,12,13)(H,14,15,16). The van der Waals surface area contributed by atoms with Crippen LogP contribution in [0.25, 0.3) is 6.08 Å². The third-order valence-electron chi connectivity index (χ3n) is 1.81. The smallest absolute Gasteiger partial charge is 0.310 e. The van der Waals surface area contributed by atoms with E-state index in [0.29, 0.717) is 5.56 Å². The number of rotatable bonds is 4. The quantitative estimate of drug-likeness (QED) is 0.623. The van der Waals surface area contributed by atoms with Crippen LogP contribution >= 0.6 is 0 Å². The lowest BCUT2D eigenvalue weighted by Gasteiger charge is -2.04. The highest BCUT2D eigenvalue weighted by atomic mass is 32.2. The van der Waals surface area contributed by atoms with Crippen molar-refractivity contribution in [2.45, 2.75) is 0 Å². The molecule has 0 heterocycles. The Balaban J connectivity index is 3.12. The molecule has 1 amide bonds. The molecule has 2 N–H and O–H groups in total. The average Bonchev–Trinajstić information content (AvgIpc) is 2.28. The monoisotopic (exact) mass is 253 g/mol. The van der Waals surface area contributed by atoms with Gasteiger partial charge < -0.3 is 5.32 Å². The van der Waals surface area contributed by atoms with Crippen LogP contribution in [0.1, 0.15) is 5.56 Å². The van der Waals surface area contributed by atoms with Crippen LogP contribution in [0.15, 0.2) is 48.0 Å². The largest absolute Gasteiger partial charge is 0.311 e. The van der Waals surface area contributed by atoms with Gasteiger partial charge in [-0.25, -0.2) is 0 Å². The highest BCUT2D eigenvalue weighted by molar-refractivity contribution is 7.89. The molecule has 1 aromatic rings. The average molecular weight is 253 g/mol. The van der Waals surface area contributed by atoms with E-state index in [-0.39, 0.29) is 0 Å². The number of hydrogen-bond acceptors (Lipinski definition) is 3. The van der Waals surface area contributed by atoms with Crippen LogP contribution in [-0.4, -0.2) is 18.9 Å². The van der Waals surface area contributed by atoms with Crippen molar-refractivity contribution >= 4 is 22.1 Å². The van der Waals surface area contributed by atoms with Crippen LogP contribution in [0.2, 0.25) is 0 Å². The molecular weight excluding hydrogens is 242 g/mol. The number of amides is 1. The van der Waals surface area contributed by atoms with Crippen LogP contribution in [0.4, 0.5) is 0 Å². The second kappa shape index (κ2) is 5.42. The van der Waals surface area contributed by atoms with Crippen molar-refractivity contribution in [3.05, 3.63) is 53.6 Å². The van der Waals surface area contributed by atoms with Gasteiger partial charge in [-0.15, -0.1) is 0 Å². The molecule has 0 saturated heterocycles. The maximum absolute atomic E-state index is 11.0. The zero-order valence-corrected chi connectivity index (χ0v) is 9.65. The van der Waals surface area contributed by atoms with Crippen LogP contribution < -0.4 is 5.32 Å². The molecule has 0 atom stereocenters. The minimum Gasteiger partial charge on any atom is -0.311 e. The maximum Gasteiger partial charge on any atom is 0.310 e. The van der Waals surface area contributed by atoms with Crippen LogP contribution in [0.3, 0.4) is 0 Å². The second-order valence-electron chi connectivity index (χ2n) is 3.09. The van der Waals surface area contributed by atoms with E-state index in [9.17, 15) is 13.2 Å². The molecular formula is C11H11NO4S. The molecule has 0 saturated carbocycles. The highest BCUT2D eigenvalue weighted by Crippen LogP contribution is 2.08. The molecule has 6 heteroatoms. The Labute approximate surface area is 99.2 Å². The second-order valence-corrected chi connectivity index (χ2v) is 4.48. The summed E-state index contributed by atoms with van der Waals surface area (Å²) in [7, 11) is -4.49. The lowest BCUT2D eigenvalue weighted by Crippen LogP contribution is -2.25. The minimum atomic E-state index is -4.49. The van der Waals surface area contributed by atoms with Gasteiger partial charge >= 0.3 is 10.1 Å². The SMILES string of the molecule is C=CC(=O)NC(=Cc1ccccc1)S(=O)(=O)O. The first kappa shape index (κ1) is 13.1. The first-order chi connectivity index (χ1) is 7.93. The molecule has 0 fully saturated rings. The van der Waals surface area contributed by atoms with Crippen molar-refractivity contribution in [3.8, 4) is 0 Å². The molecule has 0 radical (unpaired) electrons. The van der Waals surface area contributed by atoms with Crippen LogP contribution in [0.5, 0.6) is 0 Å². The van der Waals surface area contributed by atoms with E-state index in [1.807, 2.05) is 5.32 Å². The highest BCUT2D eigenvalue weighted by Gasteiger charge is 2.15. The van der Waals surface area contributed by atoms with Gasteiger partial charge in [0.25, 0.3) is 0 Å². The normalized spacial score (nSPS) is 11.9. The molecule has 0 aliphatic rings. The van der Waals surface area contributed by atoms with Crippen molar-refractivity contribution in [1.82, 2.24) is 5.32 Å². The van der Waals surface area contributed by atoms with Crippen molar-refractivity contribution in [3.63, 3.8) is 0 Å². The predicted molar refractivity (Wildman–Crippen MR) is 64.3 cm³/mol. The lowest BCUT2D eigenvalue weighted by atomic mass is 10.2. The van der Waals surface area contributed by atoms with Gasteiger partial charge in [0.1, 0.15) is 0 Å². The Kier molecular flexibility index (Phi) is 4.19. The van der Waals surface area contributed by atoms with Crippen molar-refractivity contribution in [1.29, 1.82) is 0 Å². The molecule has 1 aromatic carbocycles. The summed E-state index contributed by atoms with van der Waals surface area (Å²) >= 11 is 0. The van der Waals surface area contributed by atoms with E-state index in [0.717, 1.165) is 12.2 Å². The molecule has 0 bridgehead atoms. The van der Waals surface area contributed by atoms with Gasteiger partial charge in [-0.05, 0) is 17.7 Å². The van der Waals surface area contributed by atoms with Gasteiger partial charge in [-0.1, -0.05) is 36.9 Å². The number of nitrogens with one attached hydrogen (secondary N) is 1. The van der Waals surface area contributed by atoms with Gasteiger partial charge in [0.2, 0.25) is 5.91 Å². The topological polar surface area (TPSA) is 83.5 Å². The molecule has 17 heavy (non-hydrogen) atoms. The molecule has 0 aliphatic carbocycles. The fraction of sp³-hybridized carbons (Fsp3) is 0. The third kappa shape index (κ3) is 4.21. The molecule has 1 rings (SSSR count). The van der Waals surface area contributed by atoms with Crippen LogP contribution in [-0.2, 0) is 14.9 Å². The summed E-state index contributed by atoms with van der Waals surface area (Å²) in [6, 6.07) is 8.41. The summed E-state index contributed by atoms with van der Waals surface area (Å²) in [5, 5.41) is 1.43. The fourth-order valence-electron chi connectivity index (χ4n) is 1.05. The Bertz CT molecular complexity index is 546. The van der Waals surface area contributed by atoms with Gasteiger partial charge in [-0.3, -0.25) is 9.35 Å². The fourth-order valence-corrected chi connectivity index (χ4v) is 1.56. The molecule has 0 spiro atoms. The summed E-state index contributed by atoms with van der Waals surface area (Å²) in [6.07, 6.45) is 2.06. The Morgan fingerprint density at radius 2 is 1.88 bits per heavy atom. The first-order valence-electron chi connectivity index (χ1n) is 4.61. The van der Waals surface area contributed by atoms with Gasteiger partial charge in [0.05, 0.1) is 0 Å². The number of benzene rings is 1. The predicted octanol–water partition coefficient (Wildman–Crippen LogP) is 1.18. The summed E-state index contributed by atoms with van der Waals surface area (Å²) in [5.74, 6) is -0.718. The molecule has 0 unspecified atom stereocenters. The summed E-state index contributed by atoms with van der Waals surface area (Å²) in [5.41, 5.74) is 0.532. The van der Waals surface area contributed by atoms with Crippen molar-refractivity contribution < 1.29 is 17.8 Å². The van der Waals surface area contributed by atoms with Gasteiger partial charge in [0.15, 0.2) is 5.03 Å². The molecule has 0 aliphatic heterocycles. The lowest BCUT2D eigenvalue weighted by molar-refractivity contribution is -0.115. The van der Waals surface area contributed by atoms with E-state index in [2.05, 4.69) is 6.58 Å². The van der Waals surface area contributed by atoms with E-state index in [1.54, 1.807) is 30.3 Å². The van der Waals surface area contributed by atoms with Crippen LogP contribution in [0, 0.1) is 0 Å². The van der Waals surface area contributed by atoms with Gasteiger partial charge in [0, 0.05) is 0 Å². The summed E-state index contributed by atoms with van der Waals surface area (Å²) in [4.78, 5) is 11.0. The number of hydrogen-bond donors (Lipinski definition) is 2. The molecule has 5 nitrogen and oxygen atoms in total. The first-order valence-corrected chi connectivity index (χ1v) is 6.05. The van der Waals surface area contributed by atoms with Crippen molar-refractivity contribution in [2.24, 2.45) is 0 Å². The minimum absolute atomic E-state index is 0.532. The third-order valence-corrected chi connectivity index (χ3v) is 2.58. The van der Waals surface area contributed by atoms with Gasteiger partial charge in [-0.2, -0.15) is 8.42 Å². The van der Waals surface area contributed by atoms with Crippen molar-refractivity contribution in [2.75, 3.05) is 0 Å².